The number of piperidine rings is 1. The predicted molar refractivity (Wildman–Crippen MR) is 120 cm³/mol. The van der Waals surface area contributed by atoms with Gasteiger partial charge in [0.1, 0.15) is 19.0 Å². The Hall–Kier alpha value is -1.63. The quantitative estimate of drug-likeness (QED) is 0.522. The number of hydrogen-bond donors (Lipinski definition) is 1. The summed E-state index contributed by atoms with van der Waals surface area (Å²) in [5, 5.41) is 3.13. The van der Waals surface area contributed by atoms with Gasteiger partial charge < -0.3 is 19.5 Å². The van der Waals surface area contributed by atoms with Gasteiger partial charge in [-0.3, -0.25) is 9.69 Å². The van der Waals surface area contributed by atoms with Gasteiger partial charge in [0.15, 0.2) is 0 Å². The molecule has 0 saturated carbocycles. The van der Waals surface area contributed by atoms with E-state index in [-0.39, 0.29) is 18.6 Å². The van der Waals surface area contributed by atoms with E-state index in [0.29, 0.717) is 25.9 Å². The number of rotatable bonds is 12. The van der Waals surface area contributed by atoms with Gasteiger partial charge in [-0.1, -0.05) is 19.4 Å². The second-order valence-electron chi connectivity index (χ2n) is 8.20. The number of amides is 1. The fraction of sp³-hybridized carbons (Fsp3) is 0.708. The number of carbonyl (C=O) groups excluding carboxylic acids is 1. The number of hydrogen-bond acceptors (Lipinski definition) is 5. The van der Waals surface area contributed by atoms with Gasteiger partial charge in [0.05, 0.1) is 6.61 Å². The monoisotopic (exact) mass is 420 g/mol. The third-order valence-electron chi connectivity index (χ3n) is 6.09. The number of unbranched alkanes of at least 4 members (excludes halogenated alkanes) is 1. The van der Waals surface area contributed by atoms with Crippen LogP contribution in [0.1, 0.15) is 62.3 Å². The summed E-state index contributed by atoms with van der Waals surface area (Å²) in [4.78, 5) is 14.6. The fourth-order valence-corrected chi connectivity index (χ4v) is 3.97. The van der Waals surface area contributed by atoms with Crippen molar-refractivity contribution in [3.63, 3.8) is 0 Å². The van der Waals surface area contributed by atoms with Crippen molar-refractivity contribution in [3.8, 4) is 5.75 Å². The highest BCUT2D eigenvalue weighted by atomic mass is 16.5. The number of nitrogens with one attached hydrogen (secondary N) is 1. The lowest BCUT2D eigenvalue weighted by Crippen LogP contribution is -2.46. The zero-order valence-corrected chi connectivity index (χ0v) is 19.5. The summed E-state index contributed by atoms with van der Waals surface area (Å²) in [5.74, 6) is 0.941. The highest BCUT2D eigenvalue weighted by Gasteiger charge is 2.25. The molecular formula is C24H40N2O4. The van der Waals surface area contributed by atoms with Crippen LogP contribution in [0.5, 0.6) is 5.75 Å². The first-order valence-corrected chi connectivity index (χ1v) is 11.3. The van der Waals surface area contributed by atoms with Crippen LogP contribution < -0.4 is 10.1 Å². The number of carbonyl (C=O) groups is 1. The minimum Gasteiger partial charge on any atom is -0.491 e. The summed E-state index contributed by atoms with van der Waals surface area (Å²) in [7, 11) is 1.68. The Labute approximate surface area is 182 Å². The maximum atomic E-state index is 12.1. The molecule has 1 aliphatic rings. The summed E-state index contributed by atoms with van der Waals surface area (Å²) in [5.41, 5.74) is 3.83. The zero-order valence-electron chi connectivity index (χ0n) is 19.5. The number of benzene rings is 1. The minimum absolute atomic E-state index is 0.00753. The molecule has 1 heterocycles. The molecule has 1 aromatic carbocycles. The van der Waals surface area contributed by atoms with Crippen molar-refractivity contribution in [2.24, 2.45) is 0 Å². The molecule has 0 bridgehead atoms. The van der Waals surface area contributed by atoms with Crippen molar-refractivity contribution in [3.05, 3.63) is 28.8 Å². The molecule has 0 spiro atoms. The van der Waals surface area contributed by atoms with Crippen molar-refractivity contribution < 1.29 is 19.0 Å². The van der Waals surface area contributed by atoms with Crippen molar-refractivity contribution in [2.45, 2.75) is 65.5 Å². The summed E-state index contributed by atoms with van der Waals surface area (Å²) in [6.45, 7) is 12.6. The van der Waals surface area contributed by atoms with Gasteiger partial charge in [-0.15, -0.1) is 0 Å². The molecule has 0 aromatic heterocycles. The van der Waals surface area contributed by atoms with E-state index in [1.54, 1.807) is 7.11 Å². The standard InChI is InChI=1S/C24H40N2O4/c1-6-7-14-29-17-24(27)25-21-10-12-26(13-11-21)20(4)22-8-9-23(19(3)18(22)2)30-16-15-28-5/h8-9,20-21H,6-7,10-17H2,1-5H3,(H,25,27). The van der Waals surface area contributed by atoms with Gasteiger partial charge in [0.2, 0.25) is 5.91 Å². The van der Waals surface area contributed by atoms with Crippen LogP contribution in [0.25, 0.3) is 0 Å². The number of likely N-dealkylation sites (tertiary alicyclic amines) is 1. The molecule has 1 aromatic rings. The summed E-state index contributed by atoms with van der Waals surface area (Å²) in [6, 6.07) is 4.85. The summed E-state index contributed by atoms with van der Waals surface area (Å²) in [6.07, 6.45) is 4.03. The minimum atomic E-state index is 0.00753. The highest BCUT2D eigenvalue weighted by Crippen LogP contribution is 2.32. The van der Waals surface area contributed by atoms with Crippen LogP contribution >= 0.6 is 0 Å². The third kappa shape index (κ3) is 7.25. The van der Waals surface area contributed by atoms with Crippen LogP contribution in [-0.2, 0) is 14.3 Å². The Morgan fingerprint density at radius 2 is 1.90 bits per heavy atom. The number of methoxy groups -OCH3 is 1. The van der Waals surface area contributed by atoms with Crippen molar-refractivity contribution in [1.82, 2.24) is 10.2 Å². The second kappa shape index (κ2) is 12.9. The van der Waals surface area contributed by atoms with Crippen molar-refractivity contribution in [1.29, 1.82) is 0 Å². The molecule has 1 N–H and O–H groups in total. The molecule has 1 atom stereocenters. The van der Waals surface area contributed by atoms with Gasteiger partial charge in [0.25, 0.3) is 0 Å². The van der Waals surface area contributed by atoms with Crippen molar-refractivity contribution >= 4 is 5.91 Å². The molecule has 170 valence electrons. The smallest absolute Gasteiger partial charge is 0.246 e. The Kier molecular flexibility index (Phi) is 10.6. The van der Waals surface area contributed by atoms with Crippen LogP contribution in [0.15, 0.2) is 12.1 Å². The molecule has 1 fully saturated rings. The number of ether oxygens (including phenoxy) is 3. The van der Waals surface area contributed by atoms with Crippen LogP contribution in [-0.4, -0.2) is 63.5 Å². The summed E-state index contributed by atoms with van der Waals surface area (Å²) >= 11 is 0. The summed E-state index contributed by atoms with van der Waals surface area (Å²) < 4.78 is 16.3. The highest BCUT2D eigenvalue weighted by molar-refractivity contribution is 5.77. The Bertz CT molecular complexity index is 657. The van der Waals surface area contributed by atoms with E-state index >= 15 is 0 Å². The van der Waals surface area contributed by atoms with Gasteiger partial charge in [-0.25, -0.2) is 0 Å². The lowest BCUT2D eigenvalue weighted by molar-refractivity contribution is -0.126. The molecule has 1 unspecified atom stereocenters. The first-order valence-electron chi connectivity index (χ1n) is 11.3. The molecule has 1 amide bonds. The van der Waals surface area contributed by atoms with E-state index in [9.17, 15) is 4.79 Å². The van der Waals surface area contributed by atoms with E-state index in [2.05, 4.69) is 50.0 Å². The average Bonchev–Trinajstić information content (AvgIpc) is 2.74. The van der Waals surface area contributed by atoms with Crippen LogP contribution in [0.3, 0.4) is 0 Å². The van der Waals surface area contributed by atoms with Gasteiger partial charge in [0, 0.05) is 38.9 Å². The zero-order chi connectivity index (χ0) is 21.9. The van der Waals surface area contributed by atoms with E-state index in [0.717, 1.165) is 44.5 Å². The molecule has 6 heteroatoms. The first-order chi connectivity index (χ1) is 14.5. The predicted octanol–water partition coefficient (Wildman–Crippen LogP) is 3.79. The van der Waals surface area contributed by atoms with Gasteiger partial charge in [-0.05, 0) is 62.8 Å². The van der Waals surface area contributed by atoms with Gasteiger partial charge in [-0.2, -0.15) is 0 Å². The lowest BCUT2D eigenvalue weighted by atomic mass is 9.94. The molecule has 1 saturated heterocycles. The Morgan fingerprint density at radius 3 is 2.57 bits per heavy atom. The molecule has 30 heavy (non-hydrogen) atoms. The average molecular weight is 421 g/mol. The first kappa shape index (κ1) is 24.6. The van der Waals surface area contributed by atoms with Crippen LogP contribution in [0.4, 0.5) is 0 Å². The topological polar surface area (TPSA) is 60.0 Å². The fourth-order valence-electron chi connectivity index (χ4n) is 3.97. The number of nitrogens with zero attached hydrogens (tertiary/aromatic N) is 1. The van der Waals surface area contributed by atoms with Crippen LogP contribution in [0, 0.1) is 13.8 Å². The van der Waals surface area contributed by atoms with E-state index in [1.807, 2.05) is 0 Å². The molecule has 0 aliphatic carbocycles. The van der Waals surface area contributed by atoms with E-state index < -0.39 is 0 Å². The maximum Gasteiger partial charge on any atom is 0.246 e. The normalized spacial score (nSPS) is 16.4. The largest absolute Gasteiger partial charge is 0.491 e. The SMILES string of the molecule is CCCCOCC(=O)NC1CCN(C(C)c2ccc(OCCOC)c(C)c2C)CC1. The Morgan fingerprint density at radius 1 is 1.17 bits per heavy atom. The second-order valence-corrected chi connectivity index (χ2v) is 8.20. The third-order valence-corrected chi connectivity index (χ3v) is 6.09. The molecular weight excluding hydrogens is 380 g/mol. The molecule has 2 rings (SSSR count). The molecule has 1 aliphatic heterocycles. The van der Waals surface area contributed by atoms with Crippen molar-refractivity contribution in [2.75, 3.05) is 46.6 Å². The van der Waals surface area contributed by atoms with E-state index in [4.69, 9.17) is 14.2 Å². The Balaban J connectivity index is 1.84. The van der Waals surface area contributed by atoms with E-state index in [1.165, 1.54) is 16.7 Å². The molecule has 6 nitrogen and oxygen atoms in total. The van der Waals surface area contributed by atoms with Gasteiger partial charge >= 0.3 is 0 Å². The lowest BCUT2D eigenvalue weighted by Gasteiger charge is -2.37. The maximum absolute atomic E-state index is 12.1. The van der Waals surface area contributed by atoms with Crippen LogP contribution in [0.2, 0.25) is 0 Å². The molecule has 0 radical (unpaired) electrons.